The number of ether oxygens (including phenoxy) is 2. The lowest BCUT2D eigenvalue weighted by Gasteiger charge is -2.26. The second-order valence-corrected chi connectivity index (χ2v) is 5.31. The number of benzene rings is 1. The van der Waals surface area contributed by atoms with Crippen molar-refractivity contribution in [2.75, 3.05) is 38.7 Å². The number of rotatable bonds is 4. The van der Waals surface area contributed by atoms with Crippen LogP contribution >= 0.6 is 11.6 Å². The minimum absolute atomic E-state index is 0.256. The van der Waals surface area contributed by atoms with Crippen LogP contribution in [0.4, 0.5) is 5.69 Å². The van der Waals surface area contributed by atoms with E-state index in [2.05, 4.69) is 10.1 Å². The predicted octanol–water partition coefficient (Wildman–Crippen LogP) is 1.31. The molecule has 1 heterocycles. The van der Waals surface area contributed by atoms with Crippen molar-refractivity contribution in [3.05, 3.63) is 28.8 Å². The van der Waals surface area contributed by atoms with Gasteiger partial charge in [-0.1, -0.05) is 11.6 Å². The maximum atomic E-state index is 12.0. The third-order valence-electron chi connectivity index (χ3n) is 3.34. The summed E-state index contributed by atoms with van der Waals surface area (Å²) in [6, 6.07) is 4.38. The maximum Gasteiger partial charge on any atom is 0.337 e. The first-order valence-electron chi connectivity index (χ1n) is 7.04. The molecule has 1 saturated heterocycles. The van der Waals surface area contributed by atoms with Gasteiger partial charge in [-0.25, -0.2) is 4.79 Å². The third kappa shape index (κ3) is 4.67. The highest BCUT2D eigenvalue weighted by molar-refractivity contribution is 6.34. The van der Waals surface area contributed by atoms with E-state index in [1.54, 1.807) is 4.90 Å². The quantitative estimate of drug-likeness (QED) is 0.660. The molecule has 8 heteroatoms. The Morgan fingerprint density at radius 2 is 2.00 bits per heavy atom. The monoisotopic (exact) mass is 340 g/mol. The molecule has 0 aliphatic carbocycles. The number of methoxy groups -OCH3 is 1. The number of carbonyl (C=O) groups is 3. The van der Waals surface area contributed by atoms with E-state index >= 15 is 0 Å². The number of amides is 2. The lowest BCUT2D eigenvalue weighted by atomic mass is 10.2. The van der Waals surface area contributed by atoms with Crippen molar-refractivity contribution in [1.29, 1.82) is 0 Å². The Balaban J connectivity index is 1.99. The topological polar surface area (TPSA) is 84.9 Å². The predicted molar refractivity (Wildman–Crippen MR) is 83.4 cm³/mol. The van der Waals surface area contributed by atoms with Gasteiger partial charge in [0.05, 0.1) is 36.6 Å². The highest BCUT2D eigenvalue weighted by Gasteiger charge is 2.20. The summed E-state index contributed by atoms with van der Waals surface area (Å²) < 4.78 is 9.77. The molecule has 0 aromatic heterocycles. The first-order chi connectivity index (χ1) is 11.0. The summed E-state index contributed by atoms with van der Waals surface area (Å²) in [7, 11) is 1.26. The van der Waals surface area contributed by atoms with Gasteiger partial charge in [0.1, 0.15) is 6.42 Å². The molecule has 0 unspecified atom stereocenters. The fourth-order valence-corrected chi connectivity index (χ4v) is 2.29. The molecule has 1 aromatic rings. The van der Waals surface area contributed by atoms with Gasteiger partial charge in [0, 0.05) is 13.1 Å². The molecular formula is C15H17ClN2O5. The fraction of sp³-hybridized carbons (Fsp3) is 0.400. The Kier molecular flexibility index (Phi) is 5.95. The molecule has 0 spiro atoms. The molecule has 1 aromatic carbocycles. The van der Waals surface area contributed by atoms with Crippen LogP contribution in [0.3, 0.4) is 0 Å². The van der Waals surface area contributed by atoms with Gasteiger partial charge in [0.25, 0.3) is 0 Å². The first-order valence-corrected chi connectivity index (χ1v) is 7.42. The van der Waals surface area contributed by atoms with Gasteiger partial charge in [-0.15, -0.1) is 0 Å². The van der Waals surface area contributed by atoms with Gasteiger partial charge in [-0.3, -0.25) is 9.59 Å². The van der Waals surface area contributed by atoms with Crippen molar-refractivity contribution in [1.82, 2.24) is 4.90 Å². The van der Waals surface area contributed by atoms with Crippen molar-refractivity contribution >= 4 is 35.1 Å². The molecule has 23 heavy (non-hydrogen) atoms. The van der Waals surface area contributed by atoms with Crippen molar-refractivity contribution in [2.45, 2.75) is 6.42 Å². The summed E-state index contributed by atoms with van der Waals surface area (Å²) >= 11 is 5.99. The smallest absolute Gasteiger partial charge is 0.337 e. The number of hydrogen-bond donors (Lipinski definition) is 1. The molecule has 2 rings (SSSR count). The summed E-state index contributed by atoms with van der Waals surface area (Å²) in [5.41, 5.74) is 0.515. The minimum Gasteiger partial charge on any atom is -0.465 e. The molecule has 1 aliphatic rings. The summed E-state index contributed by atoms with van der Waals surface area (Å²) in [5, 5.41) is 2.81. The van der Waals surface area contributed by atoms with Crippen LogP contribution in [-0.2, 0) is 19.1 Å². The molecular weight excluding hydrogens is 324 g/mol. The Morgan fingerprint density at radius 3 is 2.65 bits per heavy atom. The van der Waals surface area contributed by atoms with Gasteiger partial charge < -0.3 is 19.7 Å². The Morgan fingerprint density at radius 1 is 1.30 bits per heavy atom. The fourth-order valence-electron chi connectivity index (χ4n) is 2.12. The first kappa shape index (κ1) is 17.2. The van der Waals surface area contributed by atoms with Crippen LogP contribution in [0, 0.1) is 0 Å². The minimum atomic E-state index is -0.540. The zero-order chi connectivity index (χ0) is 16.8. The second-order valence-electron chi connectivity index (χ2n) is 4.90. The van der Waals surface area contributed by atoms with Crippen LogP contribution in [0.1, 0.15) is 16.8 Å². The lowest BCUT2D eigenvalue weighted by Crippen LogP contribution is -2.41. The lowest BCUT2D eigenvalue weighted by molar-refractivity contribution is -0.138. The largest absolute Gasteiger partial charge is 0.465 e. The van der Waals surface area contributed by atoms with Gasteiger partial charge in [-0.05, 0) is 18.2 Å². The van der Waals surface area contributed by atoms with Gasteiger partial charge in [-0.2, -0.15) is 0 Å². The Bertz CT molecular complexity index is 614. The summed E-state index contributed by atoms with van der Waals surface area (Å²) in [5.74, 6) is -1.31. The average Bonchev–Trinajstić information content (AvgIpc) is 2.56. The standard InChI is InChI=1S/C15H17ClN2O5/c1-22-15(21)10-2-3-11(16)12(8-10)17-13(19)9-14(20)18-4-6-23-7-5-18/h2-3,8H,4-7,9H2,1H3,(H,17,19). The highest BCUT2D eigenvalue weighted by atomic mass is 35.5. The van der Waals surface area contributed by atoms with Crippen molar-refractivity contribution in [3.63, 3.8) is 0 Å². The third-order valence-corrected chi connectivity index (χ3v) is 3.67. The van der Waals surface area contributed by atoms with E-state index in [9.17, 15) is 14.4 Å². The van der Waals surface area contributed by atoms with E-state index in [1.165, 1.54) is 25.3 Å². The van der Waals surface area contributed by atoms with Gasteiger partial charge in [0.15, 0.2) is 0 Å². The second kappa shape index (κ2) is 7.94. The normalized spacial score (nSPS) is 14.3. The average molecular weight is 341 g/mol. The molecule has 0 bridgehead atoms. The Labute approximate surface area is 138 Å². The number of morpholine rings is 1. The van der Waals surface area contributed by atoms with Gasteiger partial charge >= 0.3 is 5.97 Å². The van der Waals surface area contributed by atoms with E-state index in [0.717, 1.165) is 0 Å². The van der Waals surface area contributed by atoms with Crippen LogP contribution in [0.15, 0.2) is 18.2 Å². The van der Waals surface area contributed by atoms with Crippen molar-refractivity contribution in [2.24, 2.45) is 0 Å². The van der Waals surface area contributed by atoms with E-state index in [4.69, 9.17) is 16.3 Å². The SMILES string of the molecule is COC(=O)c1ccc(Cl)c(NC(=O)CC(=O)N2CCOCC2)c1. The molecule has 0 saturated carbocycles. The number of nitrogens with one attached hydrogen (secondary N) is 1. The van der Waals surface area contributed by atoms with E-state index in [-0.39, 0.29) is 28.6 Å². The molecule has 7 nitrogen and oxygen atoms in total. The summed E-state index contributed by atoms with van der Waals surface area (Å²) in [6.07, 6.45) is -0.293. The Hall–Kier alpha value is -2.12. The number of carbonyl (C=O) groups excluding carboxylic acids is 3. The zero-order valence-electron chi connectivity index (χ0n) is 12.6. The molecule has 0 atom stereocenters. The molecule has 1 aliphatic heterocycles. The van der Waals surface area contributed by atoms with E-state index < -0.39 is 11.9 Å². The maximum absolute atomic E-state index is 12.0. The number of nitrogens with zero attached hydrogens (tertiary/aromatic N) is 1. The van der Waals surface area contributed by atoms with Crippen molar-refractivity contribution < 1.29 is 23.9 Å². The summed E-state index contributed by atoms with van der Waals surface area (Å²) in [4.78, 5) is 37.1. The molecule has 124 valence electrons. The molecule has 1 N–H and O–H groups in total. The number of esters is 1. The van der Waals surface area contributed by atoms with Crippen LogP contribution in [0.2, 0.25) is 5.02 Å². The highest BCUT2D eigenvalue weighted by Crippen LogP contribution is 2.23. The van der Waals surface area contributed by atoms with Crippen LogP contribution in [0.25, 0.3) is 0 Å². The van der Waals surface area contributed by atoms with Crippen LogP contribution in [-0.4, -0.2) is 56.1 Å². The van der Waals surface area contributed by atoms with Gasteiger partial charge in [0.2, 0.25) is 11.8 Å². The van der Waals surface area contributed by atoms with Crippen LogP contribution < -0.4 is 5.32 Å². The van der Waals surface area contributed by atoms with Crippen molar-refractivity contribution in [3.8, 4) is 0 Å². The number of halogens is 1. The zero-order valence-corrected chi connectivity index (χ0v) is 13.4. The number of anilines is 1. The summed E-state index contributed by atoms with van der Waals surface area (Å²) in [6.45, 7) is 1.90. The molecule has 2 amide bonds. The number of hydrogen-bond acceptors (Lipinski definition) is 5. The van der Waals surface area contributed by atoms with E-state index in [1.807, 2.05) is 0 Å². The van der Waals surface area contributed by atoms with E-state index in [0.29, 0.717) is 26.3 Å². The van der Waals surface area contributed by atoms with Crippen LogP contribution in [0.5, 0.6) is 0 Å². The molecule has 1 fully saturated rings. The molecule has 0 radical (unpaired) electrons.